The lowest BCUT2D eigenvalue weighted by Crippen LogP contribution is -2.41. The monoisotopic (exact) mass is 305 g/mol. The molecule has 1 aliphatic heterocycles. The van der Waals surface area contributed by atoms with Crippen LogP contribution in [0.4, 0.5) is 0 Å². The SMILES string of the molecule is CN=C(NCCc1cc(C)ccc1OC)NCC1CCCO1. The first kappa shape index (κ1) is 16.6. The molecule has 1 fully saturated rings. The number of nitrogens with one attached hydrogen (secondary N) is 2. The molecule has 0 spiro atoms. The summed E-state index contributed by atoms with van der Waals surface area (Å²) in [5.74, 6) is 1.76. The lowest BCUT2D eigenvalue weighted by Gasteiger charge is -2.15. The predicted octanol–water partition coefficient (Wildman–Crippen LogP) is 1.89. The van der Waals surface area contributed by atoms with E-state index in [1.165, 1.54) is 11.1 Å². The molecule has 22 heavy (non-hydrogen) atoms. The van der Waals surface area contributed by atoms with Crippen LogP contribution < -0.4 is 15.4 Å². The highest BCUT2D eigenvalue weighted by atomic mass is 16.5. The van der Waals surface area contributed by atoms with E-state index in [4.69, 9.17) is 9.47 Å². The first-order chi connectivity index (χ1) is 10.7. The van der Waals surface area contributed by atoms with Crippen molar-refractivity contribution in [1.29, 1.82) is 0 Å². The van der Waals surface area contributed by atoms with Gasteiger partial charge in [-0.3, -0.25) is 4.99 Å². The molecular weight excluding hydrogens is 278 g/mol. The zero-order chi connectivity index (χ0) is 15.8. The fourth-order valence-corrected chi connectivity index (χ4v) is 2.65. The molecule has 0 aliphatic carbocycles. The van der Waals surface area contributed by atoms with Crippen LogP contribution in [0.2, 0.25) is 0 Å². The third-order valence-electron chi connectivity index (χ3n) is 3.87. The number of hydrogen-bond acceptors (Lipinski definition) is 3. The number of ether oxygens (including phenoxy) is 2. The minimum Gasteiger partial charge on any atom is -0.496 e. The van der Waals surface area contributed by atoms with Gasteiger partial charge >= 0.3 is 0 Å². The van der Waals surface area contributed by atoms with Gasteiger partial charge in [0, 0.05) is 26.7 Å². The van der Waals surface area contributed by atoms with Gasteiger partial charge in [-0.05, 0) is 37.8 Å². The quantitative estimate of drug-likeness (QED) is 0.622. The third-order valence-corrected chi connectivity index (χ3v) is 3.87. The third kappa shape index (κ3) is 4.91. The van der Waals surface area contributed by atoms with E-state index in [0.717, 1.165) is 50.7 Å². The molecule has 122 valence electrons. The summed E-state index contributed by atoms with van der Waals surface area (Å²) >= 11 is 0. The van der Waals surface area contributed by atoms with Crippen LogP contribution in [-0.4, -0.2) is 45.9 Å². The van der Waals surface area contributed by atoms with Crippen molar-refractivity contribution in [1.82, 2.24) is 10.6 Å². The highest BCUT2D eigenvalue weighted by molar-refractivity contribution is 5.79. The Morgan fingerprint density at radius 1 is 1.41 bits per heavy atom. The Bertz CT molecular complexity index is 497. The zero-order valence-corrected chi connectivity index (χ0v) is 13.8. The van der Waals surface area contributed by atoms with Crippen LogP contribution in [0.15, 0.2) is 23.2 Å². The lowest BCUT2D eigenvalue weighted by molar-refractivity contribution is 0.114. The summed E-state index contributed by atoms with van der Waals surface area (Å²) < 4.78 is 11.0. The van der Waals surface area contributed by atoms with Gasteiger partial charge in [-0.1, -0.05) is 17.7 Å². The van der Waals surface area contributed by atoms with Gasteiger partial charge in [0.05, 0.1) is 13.2 Å². The highest BCUT2D eigenvalue weighted by Gasteiger charge is 2.15. The van der Waals surface area contributed by atoms with E-state index in [2.05, 4.69) is 34.7 Å². The summed E-state index contributed by atoms with van der Waals surface area (Å²) in [4.78, 5) is 4.25. The zero-order valence-electron chi connectivity index (χ0n) is 13.8. The number of guanidine groups is 1. The summed E-state index contributed by atoms with van der Waals surface area (Å²) in [6, 6.07) is 6.26. The molecule has 1 aromatic carbocycles. The second kappa shape index (κ2) is 8.63. The van der Waals surface area contributed by atoms with Crippen molar-refractivity contribution < 1.29 is 9.47 Å². The molecule has 0 amide bonds. The first-order valence-corrected chi connectivity index (χ1v) is 7.92. The molecular formula is C17H27N3O2. The number of nitrogens with zero attached hydrogens (tertiary/aromatic N) is 1. The van der Waals surface area contributed by atoms with Gasteiger partial charge in [0.25, 0.3) is 0 Å². The van der Waals surface area contributed by atoms with Crippen LogP contribution >= 0.6 is 0 Å². The number of methoxy groups -OCH3 is 1. The van der Waals surface area contributed by atoms with E-state index >= 15 is 0 Å². The Balaban J connectivity index is 1.77. The maximum atomic E-state index is 5.60. The van der Waals surface area contributed by atoms with Crippen molar-refractivity contribution in [2.45, 2.75) is 32.3 Å². The molecule has 5 heteroatoms. The van der Waals surface area contributed by atoms with Crippen LogP contribution in [0, 0.1) is 6.92 Å². The van der Waals surface area contributed by atoms with E-state index in [1.807, 2.05) is 6.07 Å². The summed E-state index contributed by atoms with van der Waals surface area (Å²) in [5.41, 5.74) is 2.46. The van der Waals surface area contributed by atoms with Crippen molar-refractivity contribution in [3.8, 4) is 5.75 Å². The molecule has 0 radical (unpaired) electrons. The van der Waals surface area contributed by atoms with Crippen molar-refractivity contribution in [2.24, 2.45) is 4.99 Å². The van der Waals surface area contributed by atoms with E-state index in [9.17, 15) is 0 Å². The molecule has 5 nitrogen and oxygen atoms in total. The molecule has 2 N–H and O–H groups in total. The predicted molar refractivity (Wildman–Crippen MR) is 89.8 cm³/mol. The molecule has 0 aromatic heterocycles. The van der Waals surface area contributed by atoms with Crippen molar-refractivity contribution in [3.63, 3.8) is 0 Å². The Hall–Kier alpha value is -1.75. The van der Waals surface area contributed by atoms with E-state index < -0.39 is 0 Å². The number of hydrogen-bond donors (Lipinski definition) is 2. The Kier molecular flexibility index (Phi) is 6.52. The van der Waals surface area contributed by atoms with Crippen molar-refractivity contribution in [2.75, 3.05) is 33.9 Å². The largest absolute Gasteiger partial charge is 0.496 e. The van der Waals surface area contributed by atoms with Crippen molar-refractivity contribution >= 4 is 5.96 Å². The maximum Gasteiger partial charge on any atom is 0.191 e. The molecule has 0 saturated carbocycles. The van der Waals surface area contributed by atoms with Gasteiger partial charge in [-0.2, -0.15) is 0 Å². The summed E-state index contributed by atoms with van der Waals surface area (Å²) in [6.07, 6.45) is 3.50. The van der Waals surface area contributed by atoms with Crippen LogP contribution in [0.25, 0.3) is 0 Å². The summed E-state index contributed by atoms with van der Waals surface area (Å²) in [5, 5.41) is 6.66. The highest BCUT2D eigenvalue weighted by Crippen LogP contribution is 2.19. The number of aliphatic imine (C=N–C) groups is 1. The van der Waals surface area contributed by atoms with Gasteiger partial charge in [-0.25, -0.2) is 0 Å². The molecule has 1 unspecified atom stereocenters. The Labute approximate surface area is 133 Å². The van der Waals surface area contributed by atoms with Crippen LogP contribution in [0.3, 0.4) is 0 Å². The standard InChI is InChI=1S/C17H27N3O2/c1-13-6-7-16(21-3)14(11-13)8-9-19-17(18-2)20-12-15-5-4-10-22-15/h6-7,11,15H,4-5,8-10,12H2,1-3H3,(H2,18,19,20). The van der Waals surface area contributed by atoms with E-state index in [0.29, 0.717) is 6.10 Å². The van der Waals surface area contributed by atoms with Gasteiger partial charge in [0.1, 0.15) is 5.75 Å². The molecule has 0 bridgehead atoms. The maximum absolute atomic E-state index is 5.60. The molecule has 1 atom stereocenters. The summed E-state index contributed by atoms with van der Waals surface area (Å²) in [6.45, 7) is 4.60. The average molecular weight is 305 g/mol. The van der Waals surface area contributed by atoms with Gasteiger partial charge in [-0.15, -0.1) is 0 Å². The molecule has 1 saturated heterocycles. The minimum absolute atomic E-state index is 0.315. The van der Waals surface area contributed by atoms with E-state index in [1.54, 1.807) is 14.2 Å². The fourth-order valence-electron chi connectivity index (χ4n) is 2.65. The molecule has 1 heterocycles. The Morgan fingerprint density at radius 2 is 2.27 bits per heavy atom. The Morgan fingerprint density at radius 3 is 2.95 bits per heavy atom. The number of benzene rings is 1. The van der Waals surface area contributed by atoms with Crippen LogP contribution in [0.1, 0.15) is 24.0 Å². The summed E-state index contributed by atoms with van der Waals surface area (Å²) in [7, 11) is 3.50. The van der Waals surface area contributed by atoms with Gasteiger partial charge in [0.15, 0.2) is 5.96 Å². The lowest BCUT2D eigenvalue weighted by atomic mass is 10.1. The smallest absolute Gasteiger partial charge is 0.191 e. The van der Waals surface area contributed by atoms with E-state index in [-0.39, 0.29) is 0 Å². The average Bonchev–Trinajstić information content (AvgIpc) is 3.04. The molecule has 1 aromatic rings. The first-order valence-electron chi connectivity index (χ1n) is 7.92. The second-order valence-corrected chi connectivity index (χ2v) is 5.58. The normalized spacial score (nSPS) is 18.3. The molecule has 2 rings (SSSR count). The van der Waals surface area contributed by atoms with Crippen LogP contribution in [0.5, 0.6) is 5.75 Å². The topological polar surface area (TPSA) is 54.9 Å². The number of aryl methyl sites for hydroxylation is 1. The van der Waals surface area contributed by atoms with Crippen molar-refractivity contribution in [3.05, 3.63) is 29.3 Å². The second-order valence-electron chi connectivity index (χ2n) is 5.58. The fraction of sp³-hybridized carbons (Fsp3) is 0.588. The minimum atomic E-state index is 0.315. The van der Waals surface area contributed by atoms with Gasteiger partial charge < -0.3 is 20.1 Å². The molecule has 1 aliphatic rings. The van der Waals surface area contributed by atoms with Crippen LogP contribution in [-0.2, 0) is 11.2 Å². The number of rotatable bonds is 6. The van der Waals surface area contributed by atoms with Gasteiger partial charge in [0.2, 0.25) is 0 Å².